The zero-order valence-electron chi connectivity index (χ0n) is 21.4. The summed E-state index contributed by atoms with van der Waals surface area (Å²) in [5, 5.41) is 17.7. The molecule has 0 bridgehead atoms. The van der Waals surface area contributed by atoms with Gasteiger partial charge in [-0.05, 0) is 75.9 Å². The van der Waals surface area contributed by atoms with Crippen molar-refractivity contribution in [1.82, 2.24) is 25.4 Å². The fourth-order valence-corrected chi connectivity index (χ4v) is 5.88. The summed E-state index contributed by atoms with van der Waals surface area (Å²) in [7, 11) is 1.32. The van der Waals surface area contributed by atoms with Crippen molar-refractivity contribution in [2.24, 2.45) is 5.92 Å². The fraction of sp³-hybridized carbons (Fsp3) is 0.500. The van der Waals surface area contributed by atoms with Crippen molar-refractivity contribution in [2.45, 2.75) is 50.7 Å². The normalized spacial score (nSPS) is 19.6. The number of halogens is 1. The van der Waals surface area contributed by atoms with Crippen molar-refractivity contribution >= 4 is 35.0 Å². The van der Waals surface area contributed by atoms with E-state index in [1.807, 2.05) is 0 Å². The Labute approximate surface area is 224 Å². The number of carboxylic acid groups (broad SMARTS) is 1. The summed E-state index contributed by atoms with van der Waals surface area (Å²) in [4.78, 5) is 58.3. The summed E-state index contributed by atoms with van der Waals surface area (Å²) in [6.45, 7) is 3.42. The van der Waals surface area contributed by atoms with Crippen LogP contribution in [-0.2, 0) is 9.59 Å². The Hall–Kier alpha value is -3.38. The number of nitrogens with zero attached hydrogens (tertiary/aromatic N) is 3. The highest BCUT2D eigenvalue weighted by molar-refractivity contribution is 7.10. The van der Waals surface area contributed by atoms with E-state index in [1.165, 1.54) is 49.6 Å². The van der Waals surface area contributed by atoms with Gasteiger partial charge in [-0.1, -0.05) is 0 Å². The average Bonchev–Trinajstić information content (AvgIpc) is 3.61. The molecule has 3 heterocycles. The third kappa shape index (κ3) is 6.02. The summed E-state index contributed by atoms with van der Waals surface area (Å²) in [6, 6.07) is 3.19. The van der Waals surface area contributed by atoms with E-state index in [0.29, 0.717) is 36.4 Å². The van der Waals surface area contributed by atoms with Crippen LogP contribution in [-0.4, -0.2) is 82.3 Å². The summed E-state index contributed by atoms with van der Waals surface area (Å²) < 4.78 is 13.3. The number of nitrogens with one attached hydrogen (secondary N) is 2. The van der Waals surface area contributed by atoms with Gasteiger partial charge in [0.15, 0.2) is 0 Å². The number of hydrogen-bond donors (Lipinski definition) is 3. The first-order valence-corrected chi connectivity index (χ1v) is 13.6. The second-order valence-electron chi connectivity index (χ2n) is 9.74. The number of thiazole rings is 1. The number of likely N-dealkylation sites (tertiary alicyclic amines) is 1. The Morgan fingerprint density at radius 1 is 1.18 bits per heavy atom. The Morgan fingerprint density at radius 2 is 1.87 bits per heavy atom. The lowest BCUT2D eigenvalue weighted by molar-refractivity contribution is -0.140. The van der Waals surface area contributed by atoms with Gasteiger partial charge in [0.1, 0.15) is 28.6 Å². The molecular formula is C26H32FN5O5S. The number of aromatic nitrogens is 1. The number of hydrogen-bond acceptors (Lipinski definition) is 7. The molecule has 10 nitrogen and oxygen atoms in total. The standard InChI is InChI=1S/C26H32FN5O5S/c1-15(31(2)26(36)37)23(34)30-21(16-9-11-28-12-10-16)25(35)32-13-3-4-20(32)24-29-19(14-38-24)22(33)17-5-7-18(27)8-6-17/h5-8,14-16,20-21,28H,3-4,9-13H2,1-2H3,(H,30,34)(H,36,37)/t15-,20-,21-/m0/s1. The van der Waals surface area contributed by atoms with E-state index in [2.05, 4.69) is 15.6 Å². The lowest BCUT2D eigenvalue weighted by atomic mass is 9.89. The maximum Gasteiger partial charge on any atom is 0.407 e. The fourth-order valence-electron chi connectivity index (χ4n) is 4.93. The second-order valence-corrected chi connectivity index (χ2v) is 10.6. The van der Waals surface area contributed by atoms with Gasteiger partial charge in [-0.3, -0.25) is 19.3 Å². The SMILES string of the molecule is C[C@@H](C(=O)N[C@H](C(=O)N1CCC[C@H]1c1nc(C(=O)c2ccc(F)cc2)cs1)C1CCNCC1)N(C)C(=O)O. The van der Waals surface area contributed by atoms with Crippen LogP contribution in [0.2, 0.25) is 0 Å². The molecule has 2 fully saturated rings. The highest BCUT2D eigenvalue weighted by atomic mass is 32.1. The Balaban J connectivity index is 1.53. The molecule has 0 saturated carbocycles. The van der Waals surface area contributed by atoms with Crippen molar-refractivity contribution in [3.05, 3.63) is 51.7 Å². The molecule has 12 heteroatoms. The molecule has 1 aromatic heterocycles. The van der Waals surface area contributed by atoms with Crippen molar-refractivity contribution in [3.8, 4) is 0 Å². The van der Waals surface area contributed by atoms with Crippen LogP contribution >= 0.6 is 11.3 Å². The zero-order chi connectivity index (χ0) is 27.4. The van der Waals surface area contributed by atoms with Gasteiger partial charge in [-0.25, -0.2) is 14.2 Å². The third-order valence-corrected chi connectivity index (χ3v) is 8.31. The molecule has 2 aliphatic rings. The molecule has 3 amide bonds. The van der Waals surface area contributed by atoms with Gasteiger partial charge < -0.3 is 20.6 Å². The van der Waals surface area contributed by atoms with Crippen LogP contribution in [0.4, 0.5) is 9.18 Å². The molecule has 0 spiro atoms. The minimum Gasteiger partial charge on any atom is -0.465 e. The third-order valence-electron chi connectivity index (χ3n) is 7.36. The van der Waals surface area contributed by atoms with Gasteiger partial charge in [0.2, 0.25) is 17.6 Å². The Bertz CT molecular complexity index is 1180. The van der Waals surface area contributed by atoms with E-state index in [1.54, 1.807) is 10.3 Å². The zero-order valence-corrected chi connectivity index (χ0v) is 22.2. The topological polar surface area (TPSA) is 132 Å². The number of amides is 3. The van der Waals surface area contributed by atoms with E-state index >= 15 is 0 Å². The lowest BCUT2D eigenvalue weighted by Gasteiger charge is -2.35. The van der Waals surface area contributed by atoms with Crippen LogP contribution in [0.3, 0.4) is 0 Å². The molecule has 1 aromatic carbocycles. The molecule has 0 aliphatic carbocycles. The Kier molecular flexibility index (Phi) is 8.72. The van der Waals surface area contributed by atoms with Gasteiger partial charge in [-0.2, -0.15) is 0 Å². The van der Waals surface area contributed by atoms with Gasteiger partial charge in [0, 0.05) is 24.5 Å². The monoisotopic (exact) mass is 545 g/mol. The first-order valence-electron chi connectivity index (χ1n) is 12.7. The van der Waals surface area contributed by atoms with E-state index < -0.39 is 29.9 Å². The van der Waals surface area contributed by atoms with Crippen molar-refractivity contribution in [2.75, 3.05) is 26.7 Å². The lowest BCUT2D eigenvalue weighted by Crippen LogP contribution is -2.57. The predicted octanol–water partition coefficient (Wildman–Crippen LogP) is 2.66. The van der Waals surface area contributed by atoms with Crippen molar-refractivity contribution in [3.63, 3.8) is 0 Å². The molecular weight excluding hydrogens is 513 g/mol. The van der Waals surface area contributed by atoms with Gasteiger partial charge in [-0.15, -0.1) is 11.3 Å². The van der Waals surface area contributed by atoms with E-state index in [-0.39, 0.29) is 29.3 Å². The highest BCUT2D eigenvalue weighted by Gasteiger charge is 2.40. The van der Waals surface area contributed by atoms with Crippen LogP contribution in [0.25, 0.3) is 0 Å². The minimum atomic E-state index is -1.23. The van der Waals surface area contributed by atoms with Crippen molar-refractivity contribution in [1.29, 1.82) is 0 Å². The van der Waals surface area contributed by atoms with Gasteiger partial charge in [0.05, 0.1) is 6.04 Å². The molecule has 38 heavy (non-hydrogen) atoms. The molecule has 2 aromatic rings. The molecule has 0 radical (unpaired) electrons. The van der Waals surface area contributed by atoms with Crippen LogP contribution in [0, 0.1) is 11.7 Å². The van der Waals surface area contributed by atoms with Gasteiger partial charge >= 0.3 is 6.09 Å². The molecule has 0 unspecified atom stereocenters. The molecule has 204 valence electrons. The van der Waals surface area contributed by atoms with E-state index in [9.17, 15) is 28.7 Å². The number of piperidine rings is 1. The number of carbonyl (C=O) groups is 4. The quantitative estimate of drug-likeness (QED) is 0.435. The summed E-state index contributed by atoms with van der Waals surface area (Å²) in [5.41, 5.74) is 0.571. The minimum absolute atomic E-state index is 0.0943. The number of likely N-dealkylation sites (N-methyl/N-ethyl adjacent to an activating group) is 1. The molecule has 2 saturated heterocycles. The summed E-state index contributed by atoms with van der Waals surface area (Å²) >= 11 is 1.30. The van der Waals surface area contributed by atoms with Crippen LogP contribution < -0.4 is 10.6 Å². The van der Waals surface area contributed by atoms with E-state index in [4.69, 9.17) is 0 Å². The number of benzene rings is 1. The maximum atomic E-state index is 13.9. The Morgan fingerprint density at radius 3 is 2.53 bits per heavy atom. The predicted molar refractivity (Wildman–Crippen MR) is 138 cm³/mol. The first-order chi connectivity index (χ1) is 18.2. The molecule has 3 N–H and O–H groups in total. The summed E-state index contributed by atoms with van der Waals surface area (Å²) in [6.07, 6.45) is 1.60. The number of rotatable bonds is 8. The molecule has 3 atom stereocenters. The molecule has 2 aliphatic heterocycles. The second kappa shape index (κ2) is 12.0. The summed E-state index contributed by atoms with van der Waals surface area (Å²) in [5.74, 6) is -1.59. The van der Waals surface area contributed by atoms with Crippen LogP contribution in [0.1, 0.15) is 59.7 Å². The van der Waals surface area contributed by atoms with Gasteiger partial charge in [0.25, 0.3) is 0 Å². The van der Waals surface area contributed by atoms with Crippen molar-refractivity contribution < 1.29 is 28.7 Å². The highest BCUT2D eigenvalue weighted by Crippen LogP contribution is 2.35. The smallest absolute Gasteiger partial charge is 0.407 e. The maximum absolute atomic E-state index is 13.9. The first kappa shape index (κ1) is 27.6. The average molecular weight is 546 g/mol. The number of ketones is 1. The largest absolute Gasteiger partial charge is 0.465 e. The number of carbonyl (C=O) groups excluding carboxylic acids is 3. The van der Waals surface area contributed by atoms with Crippen LogP contribution in [0.15, 0.2) is 29.6 Å². The van der Waals surface area contributed by atoms with E-state index in [0.717, 1.165) is 24.4 Å². The molecule has 4 rings (SSSR count). The van der Waals surface area contributed by atoms with Crippen LogP contribution in [0.5, 0.6) is 0 Å².